The molecule has 9 heteroatoms. The van der Waals surface area contributed by atoms with Crippen molar-refractivity contribution in [3.05, 3.63) is 47.0 Å². The Morgan fingerprint density at radius 2 is 1.69 bits per heavy atom. The first-order valence-electron chi connectivity index (χ1n) is 8.84. The van der Waals surface area contributed by atoms with Gasteiger partial charge in [0.15, 0.2) is 0 Å². The quantitative estimate of drug-likeness (QED) is 0.418. The van der Waals surface area contributed by atoms with Gasteiger partial charge in [-0.25, -0.2) is 0 Å². The summed E-state index contributed by atoms with van der Waals surface area (Å²) in [4.78, 5) is 8.48. The minimum absolute atomic E-state index is 0.0689. The molecule has 1 aliphatic heterocycles. The molecule has 0 spiro atoms. The van der Waals surface area contributed by atoms with E-state index >= 15 is 0 Å². The number of nitrogens with zero attached hydrogens (tertiary/aromatic N) is 3. The van der Waals surface area contributed by atoms with Gasteiger partial charge in [-0.1, -0.05) is 13.8 Å². The molecule has 1 aliphatic rings. The lowest BCUT2D eigenvalue weighted by Crippen LogP contribution is -2.32. The highest BCUT2D eigenvalue weighted by molar-refractivity contribution is 6.01. The molecule has 0 N–H and O–H groups in total. The first-order valence-corrected chi connectivity index (χ1v) is 8.84. The average Bonchev–Trinajstić information content (AvgIpc) is 3.10. The van der Waals surface area contributed by atoms with Crippen LogP contribution in [0.25, 0.3) is 0 Å². The maximum Gasteiger partial charge on any atom is 0.416 e. The number of aliphatic imine (C=N–C) groups is 2. The van der Waals surface area contributed by atoms with E-state index in [1.807, 2.05) is 19.9 Å². The largest absolute Gasteiger partial charge is 0.416 e. The molecule has 0 fully saturated rings. The van der Waals surface area contributed by atoms with Crippen LogP contribution in [0.3, 0.4) is 0 Å². The van der Waals surface area contributed by atoms with E-state index in [9.17, 15) is 26.3 Å². The standard InChI is InChI=1S/C20H19F6N3/c1-13(2)5-9-28-17(4-7-27)18(6-3-8-29-18)14-10-15(19(21,22)23)12-16(11-14)20(24,25)26/h3,6,8,10-13H,4-5,9H2,1-2H3. The van der Waals surface area contributed by atoms with Gasteiger partial charge >= 0.3 is 12.4 Å². The van der Waals surface area contributed by atoms with E-state index in [4.69, 9.17) is 5.26 Å². The van der Waals surface area contributed by atoms with E-state index in [1.165, 1.54) is 18.4 Å². The molecular formula is C20H19F6N3. The van der Waals surface area contributed by atoms with Crippen LogP contribution in [0.4, 0.5) is 26.3 Å². The molecule has 0 aromatic heterocycles. The van der Waals surface area contributed by atoms with Crippen LogP contribution in [0.1, 0.15) is 43.4 Å². The Kier molecular flexibility index (Phi) is 6.56. The minimum atomic E-state index is -4.98. The van der Waals surface area contributed by atoms with Crippen LogP contribution in [-0.2, 0) is 17.9 Å². The number of hydrogen-bond donors (Lipinski definition) is 0. The van der Waals surface area contributed by atoms with Gasteiger partial charge in [-0.05, 0) is 48.3 Å². The molecule has 1 heterocycles. The minimum Gasteiger partial charge on any atom is -0.290 e. The van der Waals surface area contributed by atoms with Crippen molar-refractivity contribution in [3.63, 3.8) is 0 Å². The van der Waals surface area contributed by atoms with Crippen molar-refractivity contribution in [1.29, 1.82) is 5.26 Å². The lowest BCUT2D eigenvalue weighted by Gasteiger charge is -2.28. The van der Waals surface area contributed by atoms with E-state index in [-0.39, 0.29) is 36.2 Å². The summed E-state index contributed by atoms with van der Waals surface area (Å²) in [5, 5.41) is 9.17. The highest BCUT2D eigenvalue weighted by Crippen LogP contribution is 2.41. The molecule has 29 heavy (non-hydrogen) atoms. The highest BCUT2D eigenvalue weighted by atomic mass is 19.4. The fraction of sp³-hybridized carbons (Fsp3) is 0.450. The van der Waals surface area contributed by atoms with E-state index in [1.54, 1.807) is 0 Å². The Morgan fingerprint density at radius 3 is 2.10 bits per heavy atom. The Morgan fingerprint density at radius 1 is 1.10 bits per heavy atom. The van der Waals surface area contributed by atoms with Gasteiger partial charge < -0.3 is 0 Å². The summed E-state index contributed by atoms with van der Waals surface area (Å²) in [6.07, 6.45) is -5.52. The maximum absolute atomic E-state index is 13.3. The van der Waals surface area contributed by atoms with E-state index < -0.39 is 29.0 Å². The third kappa shape index (κ3) is 5.25. The van der Waals surface area contributed by atoms with Gasteiger partial charge in [-0.3, -0.25) is 9.98 Å². The molecule has 0 saturated heterocycles. The number of rotatable bonds is 6. The Bertz CT molecular complexity index is 825. The first kappa shape index (κ1) is 22.7. The van der Waals surface area contributed by atoms with E-state index in [0.29, 0.717) is 18.6 Å². The van der Waals surface area contributed by atoms with Crippen LogP contribution in [0.2, 0.25) is 0 Å². The monoisotopic (exact) mass is 415 g/mol. The van der Waals surface area contributed by atoms with Crippen molar-refractivity contribution in [2.75, 3.05) is 6.54 Å². The van der Waals surface area contributed by atoms with Crippen molar-refractivity contribution >= 4 is 11.9 Å². The molecule has 0 saturated carbocycles. The lowest BCUT2D eigenvalue weighted by atomic mass is 9.82. The maximum atomic E-state index is 13.3. The first-order chi connectivity index (χ1) is 13.4. The second-order valence-electron chi connectivity index (χ2n) is 7.04. The molecular weight excluding hydrogens is 396 g/mol. The van der Waals surface area contributed by atoms with Crippen LogP contribution >= 0.6 is 0 Å². The zero-order valence-electron chi connectivity index (χ0n) is 15.8. The summed E-state index contributed by atoms with van der Waals surface area (Å²) < 4.78 is 79.7. The van der Waals surface area contributed by atoms with Gasteiger partial charge in [-0.15, -0.1) is 0 Å². The van der Waals surface area contributed by atoms with E-state index in [2.05, 4.69) is 9.98 Å². The summed E-state index contributed by atoms with van der Waals surface area (Å²) in [6, 6.07) is 3.23. The molecule has 0 bridgehead atoms. The molecule has 2 rings (SSSR count). The fourth-order valence-corrected chi connectivity index (χ4v) is 2.91. The smallest absolute Gasteiger partial charge is 0.290 e. The van der Waals surface area contributed by atoms with Crippen molar-refractivity contribution in [3.8, 4) is 6.07 Å². The Hall–Kier alpha value is -2.63. The van der Waals surface area contributed by atoms with Gasteiger partial charge in [0.05, 0.1) is 29.3 Å². The molecule has 0 amide bonds. The van der Waals surface area contributed by atoms with Crippen molar-refractivity contribution in [2.45, 2.75) is 44.6 Å². The van der Waals surface area contributed by atoms with Crippen LogP contribution in [0, 0.1) is 17.2 Å². The number of hydrogen-bond acceptors (Lipinski definition) is 3. The zero-order chi connectivity index (χ0) is 21.9. The molecule has 0 aliphatic carbocycles. The van der Waals surface area contributed by atoms with Crippen molar-refractivity contribution in [1.82, 2.24) is 0 Å². The number of nitriles is 1. The zero-order valence-corrected chi connectivity index (χ0v) is 15.8. The predicted octanol–water partition coefficient (Wildman–Crippen LogP) is 5.96. The summed E-state index contributed by atoms with van der Waals surface area (Å²) in [5.41, 5.74) is -4.76. The molecule has 1 unspecified atom stereocenters. The highest BCUT2D eigenvalue weighted by Gasteiger charge is 2.42. The number of benzene rings is 1. The number of alkyl halides is 6. The summed E-state index contributed by atoms with van der Waals surface area (Å²) in [6.45, 7) is 4.18. The van der Waals surface area contributed by atoms with Gasteiger partial charge in [0.2, 0.25) is 0 Å². The van der Waals surface area contributed by atoms with Crippen LogP contribution in [0.15, 0.2) is 40.3 Å². The number of allylic oxidation sites excluding steroid dienone is 1. The summed E-state index contributed by atoms with van der Waals surface area (Å²) >= 11 is 0. The fourth-order valence-electron chi connectivity index (χ4n) is 2.91. The molecule has 156 valence electrons. The van der Waals surface area contributed by atoms with Crippen molar-refractivity contribution in [2.24, 2.45) is 15.9 Å². The lowest BCUT2D eigenvalue weighted by molar-refractivity contribution is -0.143. The molecule has 1 aromatic rings. The topological polar surface area (TPSA) is 48.5 Å². The summed E-state index contributed by atoms with van der Waals surface area (Å²) in [7, 11) is 0. The SMILES string of the molecule is CC(C)CCN=C(CC#N)C1(c2cc(C(F)(F)F)cc(C(F)(F)F)c2)C=CC=N1. The molecule has 1 atom stereocenters. The Balaban J connectivity index is 2.69. The molecule has 3 nitrogen and oxygen atoms in total. The second-order valence-corrected chi connectivity index (χ2v) is 7.04. The van der Waals surface area contributed by atoms with E-state index in [0.717, 1.165) is 0 Å². The molecule has 0 radical (unpaired) electrons. The van der Waals surface area contributed by atoms with Crippen LogP contribution < -0.4 is 0 Å². The third-order valence-electron chi connectivity index (χ3n) is 4.43. The second kappa shape index (κ2) is 8.39. The number of halogens is 6. The Labute approximate surface area is 164 Å². The van der Waals surface area contributed by atoms with Gasteiger partial charge in [-0.2, -0.15) is 31.6 Å². The van der Waals surface area contributed by atoms with Gasteiger partial charge in [0.1, 0.15) is 5.54 Å². The van der Waals surface area contributed by atoms with Crippen molar-refractivity contribution < 1.29 is 26.3 Å². The predicted molar refractivity (Wildman–Crippen MR) is 97.7 cm³/mol. The molecule has 1 aromatic carbocycles. The van der Waals surface area contributed by atoms with Crippen LogP contribution in [0.5, 0.6) is 0 Å². The average molecular weight is 415 g/mol. The van der Waals surface area contributed by atoms with Gasteiger partial charge in [0, 0.05) is 12.8 Å². The van der Waals surface area contributed by atoms with Gasteiger partial charge in [0.25, 0.3) is 0 Å². The normalized spacial score (nSPS) is 19.8. The third-order valence-corrected chi connectivity index (χ3v) is 4.43. The van der Waals surface area contributed by atoms with Crippen LogP contribution in [-0.4, -0.2) is 18.5 Å². The summed E-state index contributed by atoms with van der Waals surface area (Å²) in [5.74, 6) is 0.283.